The molecule has 1 fully saturated rings. The van der Waals surface area contributed by atoms with E-state index in [0.717, 1.165) is 42.9 Å². The van der Waals surface area contributed by atoms with Crippen LogP contribution in [0.25, 0.3) is 0 Å². The highest BCUT2D eigenvalue weighted by molar-refractivity contribution is 6.02. The molecule has 0 unspecified atom stereocenters. The van der Waals surface area contributed by atoms with Gasteiger partial charge in [-0.2, -0.15) is 0 Å². The van der Waals surface area contributed by atoms with Crippen LogP contribution in [0.5, 0.6) is 0 Å². The molecule has 1 atom stereocenters. The summed E-state index contributed by atoms with van der Waals surface area (Å²) in [5.41, 5.74) is 3.02. The van der Waals surface area contributed by atoms with Gasteiger partial charge in [-0.25, -0.2) is 0 Å². The van der Waals surface area contributed by atoms with Gasteiger partial charge in [-0.15, -0.1) is 0 Å². The Morgan fingerprint density at radius 3 is 3.12 bits per heavy atom. The van der Waals surface area contributed by atoms with Gasteiger partial charge in [0.2, 0.25) is 0 Å². The minimum atomic E-state index is 0.0619. The third-order valence-electron chi connectivity index (χ3n) is 3.50. The molecule has 1 saturated heterocycles. The van der Waals surface area contributed by atoms with Gasteiger partial charge >= 0.3 is 0 Å². The van der Waals surface area contributed by atoms with Crippen molar-refractivity contribution in [1.29, 1.82) is 0 Å². The molecule has 2 N–H and O–H groups in total. The molecule has 0 radical (unpaired) electrons. The van der Waals surface area contributed by atoms with Crippen molar-refractivity contribution in [3.05, 3.63) is 29.3 Å². The fourth-order valence-corrected chi connectivity index (χ4v) is 2.62. The van der Waals surface area contributed by atoms with E-state index < -0.39 is 0 Å². The first-order valence-corrected chi connectivity index (χ1v) is 6.14. The normalized spacial score (nSPS) is 23.5. The van der Waals surface area contributed by atoms with Crippen molar-refractivity contribution in [2.45, 2.75) is 19.5 Å². The van der Waals surface area contributed by atoms with Gasteiger partial charge in [0.1, 0.15) is 6.17 Å². The summed E-state index contributed by atoms with van der Waals surface area (Å²) < 4.78 is 0. The predicted octanol–water partition coefficient (Wildman–Crippen LogP) is 0.864. The quantitative estimate of drug-likeness (QED) is 0.696. The monoisotopic (exact) mass is 231 g/mol. The van der Waals surface area contributed by atoms with E-state index in [1.54, 1.807) is 0 Å². The van der Waals surface area contributed by atoms with Crippen molar-refractivity contribution in [3.63, 3.8) is 0 Å². The van der Waals surface area contributed by atoms with Crippen molar-refractivity contribution in [2.24, 2.45) is 0 Å². The Balaban J connectivity index is 2.05. The number of carbonyl (C=O) groups excluding carboxylic acids is 1. The lowest BCUT2D eigenvalue weighted by molar-refractivity contribution is 0.0926. The Morgan fingerprint density at radius 2 is 2.24 bits per heavy atom. The zero-order valence-corrected chi connectivity index (χ0v) is 9.99. The van der Waals surface area contributed by atoms with E-state index in [4.69, 9.17) is 0 Å². The van der Waals surface area contributed by atoms with E-state index in [0.29, 0.717) is 0 Å². The van der Waals surface area contributed by atoms with Gasteiger partial charge in [-0.05, 0) is 32.0 Å². The number of hydrogen-bond donors (Lipinski definition) is 2. The number of nitrogens with one attached hydrogen (secondary N) is 2. The van der Waals surface area contributed by atoms with Crippen LogP contribution in [0.1, 0.15) is 22.3 Å². The predicted molar refractivity (Wildman–Crippen MR) is 67.3 cm³/mol. The first-order chi connectivity index (χ1) is 8.25. The number of carbonyl (C=O) groups is 1. The number of aryl methyl sites for hydroxylation is 1. The molecule has 4 nitrogen and oxygen atoms in total. The fraction of sp³-hybridized carbons (Fsp3) is 0.462. The second-order valence-electron chi connectivity index (χ2n) is 4.74. The lowest BCUT2D eigenvalue weighted by atomic mass is 10.0. The molecule has 2 aliphatic heterocycles. The molecule has 2 heterocycles. The summed E-state index contributed by atoms with van der Waals surface area (Å²) in [4.78, 5) is 14.3. The molecule has 0 spiro atoms. The lowest BCUT2D eigenvalue weighted by Gasteiger charge is -2.37. The highest BCUT2D eigenvalue weighted by Crippen LogP contribution is 2.28. The number of hydrogen-bond acceptors (Lipinski definition) is 3. The second kappa shape index (κ2) is 4.04. The first kappa shape index (κ1) is 10.6. The summed E-state index contributed by atoms with van der Waals surface area (Å²) in [6.45, 7) is 4.90. The highest BCUT2D eigenvalue weighted by atomic mass is 16.2. The molecule has 1 aromatic rings. The highest BCUT2D eigenvalue weighted by Gasteiger charge is 2.31. The summed E-state index contributed by atoms with van der Waals surface area (Å²) in [5.74, 6) is 0.0619. The van der Waals surface area contributed by atoms with Crippen molar-refractivity contribution in [1.82, 2.24) is 10.6 Å². The molecule has 4 heteroatoms. The van der Waals surface area contributed by atoms with Crippen LogP contribution in [0.2, 0.25) is 0 Å². The SMILES string of the molecule is Cc1ccc2c(c1)C(=O)N[C@H]1CCNCCN21. The molecule has 3 rings (SSSR count). The van der Waals surface area contributed by atoms with E-state index in [1.807, 2.05) is 13.0 Å². The molecule has 17 heavy (non-hydrogen) atoms. The van der Waals surface area contributed by atoms with Gasteiger partial charge in [0, 0.05) is 13.1 Å². The Labute approximate surface area is 101 Å². The van der Waals surface area contributed by atoms with Gasteiger partial charge in [0.15, 0.2) is 0 Å². The molecular weight excluding hydrogens is 214 g/mol. The van der Waals surface area contributed by atoms with Crippen molar-refractivity contribution in [3.8, 4) is 0 Å². The van der Waals surface area contributed by atoms with Crippen molar-refractivity contribution >= 4 is 11.6 Å². The van der Waals surface area contributed by atoms with Crippen LogP contribution in [0.4, 0.5) is 5.69 Å². The van der Waals surface area contributed by atoms with Crippen LogP contribution < -0.4 is 15.5 Å². The Morgan fingerprint density at radius 1 is 1.35 bits per heavy atom. The van der Waals surface area contributed by atoms with Crippen molar-refractivity contribution < 1.29 is 4.79 Å². The summed E-state index contributed by atoms with van der Waals surface area (Å²) in [6.07, 6.45) is 1.10. The Kier molecular flexibility index (Phi) is 2.52. The first-order valence-electron chi connectivity index (χ1n) is 6.14. The van der Waals surface area contributed by atoms with Crippen molar-refractivity contribution in [2.75, 3.05) is 24.5 Å². The van der Waals surface area contributed by atoms with Crippen LogP contribution in [0.3, 0.4) is 0 Å². The lowest BCUT2D eigenvalue weighted by Crippen LogP contribution is -2.53. The average molecular weight is 231 g/mol. The minimum Gasteiger partial charge on any atom is -0.349 e. The maximum absolute atomic E-state index is 12.0. The van der Waals surface area contributed by atoms with Crippen LogP contribution in [-0.4, -0.2) is 31.7 Å². The number of anilines is 1. The van der Waals surface area contributed by atoms with E-state index in [1.165, 1.54) is 0 Å². The molecule has 90 valence electrons. The van der Waals surface area contributed by atoms with E-state index in [9.17, 15) is 4.79 Å². The summed E-state index contributed by atoms with van der Waals surface area (Å²) in [5, 5.41) is 6.46. The van der Waals surface area contributed by atoms with Gasteiger partial charge in [0.05, 0.1) is 11.3 Å². The Bertz CT molecular complexity index is 458. The standard InChI is InChI=1S/C13H17N3O/c1-9-2-3-11-10(8-9)13(17)15-12-4-5-14-6-7-16(11)12/h2-3,8,12,14H,4-7H2,1H3,(H,15,17)/t12-/m1/s1. The number of benzene rings is 1. The number of amides is 1. The maximum atomic E-state index is 12.0. The third kappa shape index (κ3) is 1.78. The summed E-state index contributed by atoms with van der Waals surface area (Å²) >= 11 is 0. The molecule has 0 saturated carbocycles. The molecule has 0 aromatic heterocycles. The molecule has 2 aliphatic rings. The van der Waals surface area contributed by atoms with Gasteiger partial charge in [-0.3, -0.25) is 4.79 Å². The maximum Gasteiger partial charge on any atom is 0.254 e. The third-order valence-corrected chi connectivity index (χ3v) is 3.50. The van der Waals surface area contributed by atoms with Crippen LogP contribution in [-0.2, 0) is 0 Å². The van der Waals surface area contributed by atoms with Crippen LogP contribution in [0.15, 0.2) is 18.2 Å². The van der Waals surface area contributed by atoms with Gasteiger partial charge < -0.3 is 15.5 Å². The average Bonchev–Trinajstić information content (AvgIpc) is 2.54. The van der Waals surface area contributed by atoms with Crippen LogP contribution >= 0.6 is 0 Å². The molecular formula is C13H17N3O. The van der Waals surface area contributed by atoms with Crippen LogP contribution in [0, 0.1) is 6.92 Å². The van der Waals surface area contributed by atoms with Gasteiger partial charge in [0.25, 0.3) is 5.91 Å². The molecule has 0 aliphatic carbocycles. The smallest absolute Gasteiger partial charge is 0.254 e. The van der Waals surface area contributed by atoms with E-state index in [2.05, 4.69) is 27.7 Å². The summed E-state index contributed by atoms with van der Waals surface area (Å²) in [6, 6.07) is 6.12. The van der Waals surface area contributed by atoms with Gasteiger partial charge in [-0.1, -0.05) is 11.6 Å². The van der Waals surface area contributed by atoms with E-state index >= 15 is 0 Å². The molecule has 1 amide bonds. The Hall–Kier alpha value is -1.55. The molecule has 0 bridgehead atoms. The minimum absolute atomic E-state index is 0.0619. The summed E-state index contributed by atoms with van der Waals surface area (Å²) in [7, 11) is 0. The largest absolute Gasteiger partial charge is 0.349 e. The topological polar surface area (TPSA) is 44.4 Å². The second-order valence-corrected chi connectivity index (χ2v) is 4.74. The number of fused-ring (bicyclic) bond motifs is 3. The van der Waals surface area contributed by atoms with E-state index in [-0.39, 0.29) is 12.1 Å². The zero-order chi connectivity index (χ0) is 11.8. The zero-order valence-electron chi connectivity index (χ0n) is 9.99. The number of nitrogens with zero attached hydrogens (tertiary/aromatic N) is 1. The fourth-order valence-electron chi connectivity index (χ4n) is 2.62. The number of rotatable bonds is 0. The molecule has 1 aromatic carbocycles.